The molecule has 0 aromatic heterocycles. The van der Waals surface area contributed by atoms with Gasteiger partial charge in [-0.3, -0.25) is 0 Å². The second-order valence-corrected chi connectivity index (χ2v) is 5.87. The van der Waals surface area contributed by atoms with E-state index >= 15 is 0 Å². The van der Waals surface area contributed by atoms with E-state index in [0.29, 0.717) is 12.0 Å². The summed E-state index contributed by atoms with van der Waals surface area (Å²) in [5.74, 6) is -0.473. The second kappa shape index (κ2) is 12.1. The monoisotopic (exact) mass is 328 g/mol. The molecule has 0 fully saturated rings. The maximum atomic E-state index is 11.2. The van der Waals surface area contributed by atoms with Gasteiger partial charge in [0, 0.05) is 0 Å². The number of aliphatic hydroxyl groups is 1. The normalized spacial score (nSPS) is 12.6. The molecule has 130 valence electrons. The summed E-state index contributed by atoms with van der Waals surface area (Å²) in [6.07, 6.45) is -0.135. The van der Waals surface area contributed by atoms with Crippen LogP contribution in [0.2, 0.25) is 0 Å². The van der Waals surface area contributed by atoms with Crippen molar-refractivity contribution >= 4 is 12.4 Å². The van der Waals surface area contributed by atoms with Crippen molar-refractivity contribution in [3.05, 3.63) is 49.2 Å². The molecule has 5 nitrogen and oxygen atoms in total. The van der Waals surface area contributed by atoms with Crippen LogP contribution in [0.1, 0.15) is 49.0 Å². The number of esters is 1. The molecule has 1 aromatic rings. The minimum Gasteiger partial charge on any atom is -0.649 e. The molecule has 0 saturated heterocycles. The third kappa shape index (κ3) is 9.77. The minimum atomic E-state index is -0.693. The molecule has 6 heteroatoms. The quantitative estimate of drug-likeness (QED) is 0.462. The Morgan fingerprint density at radius 3 is 2.04 bits per heavy atom. The third-order valence-electron chi connectivity index (χ3n) is 2.88. The molecule has 0 saturated carbocycles. The van der Waals surface area contributed by atoms with Crippen LogP contribution in [0.15, 0.2) is 24.3 Å². The minimum absolute atomic E-state index is 0. The largest absolute Gasteiger partial charge is 1.00 e. The van der Waals surface area contributed by atoms with Crippen molar-refractivity contribution in [1.82, 2.24) is 0 Å². The fraction of sp³-hybridized carbons (Fsp3) is 0.444. The van der Waals surface area contributed by atoms with E-state index in [9.17, 15) is 14.7 Å². The Morgan fingerprint density at radius 2 is 1.79 bits per heavy atom. The van der Waals surface area contributed by atoms with Crippen LogP contribution in [0.3, 0.4) is 0 Å². The zero-order valence-corrected chi connectivity index (χ0v) is 15.2. The number of hydrogen-bond acceptors (Lipinski definition) is 5. The summed E-state index contributed by atoms with van der Waals surface area (Å²) in [5.41, 5.74) is 1.04. The van der Waals surface area contributed by atoms with Gasteiger partial charge in [-0.05, 0) is 44.4 Å². The third-order valence-corrected chi connectivity index (χ3v) is 2.88. The van der Waals surface area contributed by atoms with Crippen LogP contribution >= 0.6 is 0 Å². The van der Waals surface area contributed by atoms with E-state index in [4.69, 9.17) is 0 Å². The first-order valence-corrected chi connectivity index (χ1v) is 7.20. The van der Waals surface area contributed by atoms with Gasteiger partial charge in [0.25, 0.3) is 0 Å². The Balaban J connectivity index is 0. The van der Waals surface area contributed by atoms with Crippen molar-refractivity contribution < 1.29 is 43.0 Å². The predicted molar refractivity (Wildman–Crippen MR) is 88.4 cm³/mol. The van der Waals surface area contributed by atoms with Crippen LogP contribution in [-0.4, -0.2) is 36.4 Å². The standard InChI is InChI=1S/C13H16O3.C5H9O2.Li/c1-4-12(9(2)14)10-5-7-11(8-6-10)13(15)16-3;1-5(2,3)7-4-6;/h5-9,12,14H,1-2,4H2,3H3;1-3H3;/q-2;-1;+1/t9-,12-;;/m0../s1. The Bertz CT molecular complexity index is 477. The number of hydrogen-bond donors (Lipinski definition) is 1. The first kappa shape index (κ1) is 25.0. The van der Waals surface area contributed by atoms with Crippen molar-refractivity contribution in [1.29, 1.82) is 0 Å². The molecule has 0 unspecified atom stereocenters. The number of carbonyl (C=O) groups is 1. The fourth-order valence-corrected chi connectivity index (χ4v) is 1.69. The number of rotatable bonds is 5. The van der Waals surface area contributed by atoms with E-state index in [1.165, 1.54) is 13.6 Å². The topological polar surface area (TPSA) is 72.8 Å². The predicted octanol–water partition coefficient (Wildman–Crippen LogP) is -0.151. The molecule has 1 N–H and O–H groups in total. The van der Waals surface area contributed by atoms with Gasteiger partial charge in [-0.1, -0.05) is 24.7 Å². The van der Waals surface area contributed by atoms with Crippen LogP contribution < -0.4 is 18.9 Å². The van der Waals surface area contributed by atoms with Crippen LogP contribution in [0.4, 0.5) is 0 Å². The molecule has 1 rings (SSSR count). The van der Waals surface area contributed by atoms with Gasteiger partial charge in [0.1, 0.15) is 0 Å². The van der Waals surface area contributed by atoms with E-state index in [2.05, 4.69) is 23.3 Å². The first-order valence-electron chi connectivity index (χ1n) is 7.20. The molecule has 24 heavy (non-hydrogen) atoms. The fourth-order valence-electron chi connectivity index (χ4n) is 1.69. The second-order valence-electron chi connectivity index (χ2n) is 5.87. The van der Waals surface area contributed by atoms with Gasteiger partial charge in [-0.2, -0.15) is 6.42 Å². The molecule has 0 spiro atoms. The number of carbonyl (C=O) groups excluding carboxylic acids is 2. The van der Waals surface area contributed by atoms with E-state index in [1.54, 1.807) is 45.0 Å². The van der Waals surface area contributed by atoms with Crippen molar-refractivity contribution in [2.75, 3.05) is 7.11 Å². The van der Waals surface area contributed by atoms with Gasteiger partial charge in [0.15, 0.2) is 0 Å². The molecule has 1 aromatic carbocycles. The van der Waals surface area contributed by atoms with Crippen molar-refractivity contribution in [2.24, 2.45) is 0 Å². The number of methoxy groups -OCH3 is 1. The van der Waals surface area contributed by atoms with Crippen LogP contribution in [-0.2, 0) is 14.3 Å². The van der Waals surface area contributed by atoms with Crippen LogP contribution in [0, 0.1) is 13.8 Å². The van der Waals surface area contributed by atoms with Gasteiger partial charge in [-0.15, -0.1) is 0 Å². The van der Waals surface area contributed by atoms with Crippen LogP contribution in [0.5, 0.6) is 0 Å². The smallest absolute Gasteiger partial charge is 0.649 e. The molecular formula is C18H25LiO5-2. The first-order chi connectivity index (χ1) is 10.7. The summed E-state index contributed by atoms with van der Waals surface area (Å²) in [7, 11) is 1.34. The van der Waals surface area contributed by atoms with E-state index < -0.39 is 6.10 Å². The molecule has 0 bridgehead atoms. The Kier molecular flexibility index (Phi) is 12.6. The molecule has 0 heterocycles. The van der Waals surface area contributed by atoms with E-state index in [0.717, 1.165) is 5.56 Å². The molecule has 2 atom stereocenters. The van der Waals surface area contributed by atoms with Gasteiger partial charge in [0.05, 0.1) is 18.3 Å². The molecule has 0 aliphatic heterocycles. The zero-order chi connectivity index (χ0) is 18.0. The summed E-state index contributed by atoms with van der Waals surface area (Å²) in [6, 6.07) is 6.92. The summed E-state index contributed by atoms with van der Waals surface area (Å²) in [5, 5.41) is 9.45. The summed E-state index contributed by atoms with van der Waals surface area (Å²) < 4.78 is 9.02. The Morgan fingerprint density at radius 1 is 1.29 bits per heavy atom. The molecule has 0 aliphatic carbocycles. The molecule has 0 amide bonds. The number of benzene rings is 1. The van der Waals surface area contributed by atoms with E-state index in [-0.39, 0.29) is 36.3 Å². The summed E-state index contributed by atoms with van der Waals surface area (Å²) >= 11 is 0. The van der Waals surface area contributed by atoms with E-state index in [1.807, 2.05) is 0 Å². The van der Waals surface area contributed by atoms with Gasteiger partial charge < -0.3 is 33.2 Å². The van der Waals surface area contributed by atoms with Gasteiger partial charge >= 0.3 is 24.8 Å². The molecule has 0 aliphatic rings. The summed E-state index contributed by atoms with van der Waals surface area (Å²) in [6.45, 7) is 14.1. The van der Waals surface area contributed by atoms with Crippen molar-refractivity contribution in [3.63, 3.8) is 0 Å². The summed E-state index contributed by atoms with van der Waals surface area (Å²) in [4.78, 5) is 20.7. The van der Waals surface area contributed by atoms with Gasteiger partial charge in [0.2, 0.25) is 0 Å². The Labute approximate surface area is 156 Å². The average molecular weight is 328 g/mol. The Hall–Kier alpha value is -1.28. The maximum absolute atomic E-state index is 11.2. The van der Waals surface area contributed by atoms with Gasteiger partial charge in [-0.25, -0.2) is 4.79 Å². The van der Waals surface area contributed by atoms with Crippen LogP contribution in [0.25, 0.3) is 0 Å². The van der Waals surface area contributed by atoms with Crippen molar-refractivity contribution in [3.8, 4) is 0 Å². The number of ether oxygens (including phenoxy) is 2. The molecule has 0 radical (unpaired) electrons. The average Bonchev–Trinajstić information content (AvgIpc) is 2.47. The SMILES string of the molecule is CC(C)(C)O[C-]=O.[CH2-]C[C@H](c1ccc(C(=O)OC)cc1)[C@H]([CH2-])O.[Li+]. The van der Waals surface area contributed by atoms with Crippen molar-refractivity contribution in [2.45, 2.75) is 44.8 Å². The molecular weight excluding hydrogens is 303 g/mol. The number of aliphatic hydroxyl groups excluding tert-OH is 1. The zero-order valence-electron chi connectivity index (χ0n) is 15.2. The maximum Gasteiger partial charge on any atom is 1.00 e.